The highest BCUT2D eigenvalue weighted by Gasteiger charge is 2.13. The van der Waals surface area contributed by atoms with E-state index in [0.29, 0.717) is 6.54 Å². The fraction of sp³-hybridized carbons (Fsp3) is 0.294. The number of aromatic nitrogens is 2. The number of nitrogens with zero attached hydrogens (tertiary/aromatic N) is 3. The second-order valence-electron chi connectivity index (χ2n) is 5.18. The fourth-order valence-corrected chi connectivity index (χ4v) is 2.98. The quantitative estimate of drug-likeness (QED) is 0.652. The molecule has 0 N–H and O–H groups in total. The molecule has 0 spiro atoms. The maximum absolute atomic E-state index is 5.29. The lowest BCUT2D eigenvalue weighted by Gasteiger charge is -2.22. The molecule has 0 unspecified atom stereocenters. The lowest BCUT2D eigenvalue weighted by Crippen LogP contribution is -2.22. The summed E-state index contributed by atoms with van der Waals surface area (Å²) in [6.45, 7) is 3.59. The zero-order valence-electron chi connectivity index (χ0n) is 12.6. The van der Waals surface area contributed by atoms with Gasteiger partial charge in [-0.15, -0.1) is 0 Å². The molecule has 0 aliphatic rings. The molecule has 0 saturated carbocycles. The van der Waals surface area contributed by atoms with E-state index in [1.807, 2.05) is 6.07 Å². The van der Waals surface area contributed by atoms with Crippen LogP contribution in [-0.4, -0.2) is 10.1 Å². The summed E-state index contributed by atoms with van der Waals surface area (Å²) in [5.74, 6) is 1.46. The van der Waals surface area contributed by atoms with Gasteiger partial charge in [0.2, 0.25) is 5.89 Å². The van der Waals surface area contributed by atoms with Gasteiger partial charge in [-0.1, -0.05) is 30.3 Å². The van der Waals surface area contributed by atoms with Gasteiger partial charge in [-0.05, 0) is 40.9 Å². The molecule has 0 amide bonds. The van der Waals surface area contributed by atoms with Crippen LogP contribution in [0.5, 0.6) is 0 Å². The van der Waals surface area contributed by atoms with Gasteiger partial charge in [0.25, 0.3) is 0 Å². The summed E-state index contributed by atoms with van der Waals surface area (Å²) in [6, 6.07) is 12.5. The first-order valence-electron chi connectivity index (χ1n) is 7.47. The summed E-state index contributed by atoms with van der Waals surface area (Å²) in [7, 11) is 0. The Morgan fingerprint density at radius 1 is 1.14 bits per heavy atom. The maximum Gasteiger partial charge on any atom is 0.226 e. The van der Waals surface area contributed by atoms with E-state index in [0.717, 1.165) is 36.8 Å². The summed E-state index contributed by atoms with van der Waals surface area (Å²) < 4.78 is 5.29. The van der Waals surface area contributed by atoms with Gasteiger partial charge in [0, 0.05) is 18.7 Å². The van der Waals surface area contributed by atoms with Crippen molar-refractivity contribution in [2.45, 2.75) is 32.9 Å². The molecule has 0 fully saturated rings. The molecule has 2 aromatic heterocycles. The second-order valence-corrected chi connectivity index (χ2v) is 5.96. The van der Waals surface area contributed by atoms with Crippen LogP contribution in [0, 0.1) is 0 Å². The van der Waals surface area contributed by atoms with Crippen LogP contribution < -0.4 is 4.90 Å². The van der Waals surface area contributed by atoms with Crippen LogP contribution in [0.15, 0.2) is 51.7 Å². The summed E-state index contributed by atoms with van der Waals surface area (Å²) >= 11 is 1.72. The first-order chi connectivity index (χ1) is 10.8. The second kappa shape index (κ2) is 7.22. The highest BCUT2D eigenvalue weighted by Crippen LogP contribution is 2.20. The Morgan fingerprint density at radius 3 is 2.73 bits per heavy atom. The molecule has 1 aromatic carbocycles. The minimum atomic E-state index is 0.646. The number of para-hydroxylation sites is 1. The van der Waals surface area contributed by atoms with E-state index in [4.69, 9.17) is 4.52 Å². The van der Waals surface area contributed by atoms with Gasteiger partial charge in [0.15, 0.2) is 5.82 Å². The molecule has 114 valence electrons. The predicted molar refractivity (Wildman–Crippen MR) is 88.9 cm³/mol. The van der Waals surface area contributed by atoms with E-state index in [9.17, 15) is 0 Å². The molecule has 0 bridgehead atoms. The summed E-state index contributed by atoms with van der Waals surface area (Å²) in [5, 5.41) is 8.38. The van der Waals surface area contributed by atoms with Crippen molar-refractivity contribution in [3.05, 3.63) is 64.4 Å². The third-order valence-electron chi connectivity index (χ3n) is 3.38. The first-order valence-corrected chi connectivity index (χ1v) is 8.42. The van der Waals surface area contributed by atoms with E-state index in [-0.39, 0.29) is 0 Å². The van der Waals surface area contributed by atoms with Crippen molar-refractivity contribution >= 4 is 17.0 Å². The molecule has 0 aliphatic heterocycles. The predicted octanol–water partition coefficient (Wildman–Crippen LogP) is 4.29. The Labute approximate surface area is 134 Å². The molecule has 0 atom stereocenters. The normalized spacial score (nSPS) is 10.8. The van der Waals surface area contributed by atoms with Crippen molar-refractivity contribution in [3.8, 4) is 0 Å². The summed E-state index contributed by atoms with van der Waals surface area (Å²) in [5.41, 5.74) is 2.46. The van der Waals surface area contributed by atoms with Gasteiger partial charge in [0.05, 0.1) is 6.54 Å². The van der Waals surface area contributed by atoms with Gasteiger partial charge in [-0.25, -0.2) is 0 Å². The third kappa shape index (κ3) is 3.74. The lowest BCUT2D eigenvalue weighted by molar-refractivity contribution is 0.371. The average Bonchev–Trinajstić information content (AvgIpc) is 3.20. The van der Waals surface area contributed by atoms with E-state index >= 15 is 0 Å². The van der Waals surface area contributed by atoms with Crippen molar-refractivity contribution in [2.24, 2.45) is 0 Å². The highest BCUT2D eigenvalue weighted by atomic mass is 32.1. The van der Waals surface area contributed by atoms with Crippen molar-refractivity contribution in [1.82, 2.24) is 10.1 Å². The van der Waals surface area contributed by atoms with Crippen molar-refractivity contribution in [1.29, 1.82) is 0 Å². The number of anilines is 1. The van der Waals surface area contributed by atoms with Crippen LogP contribution in [0.4, 0.5) is 5.69 Å². The molecule has 3 aromatic rings. The van der Waals surface area contributed by atoms with Crippen LogP contribution in [-0.2, 0) is 19.5 Å². The summed E-state index contributed by atoms with van der Waals surface area (Å²) in [4.78, 5) is 6.74. The number of hydrogen-bond donors (Lipinski definition) is 0. The van der Waals surface area contributed by atoms with Gasteiger partial charge in [-0.2, -0.15) is 16.3 Å². The molecule has 0 radical (unpaired) electrons. The van der Waals surface area contributed by atoms with E-state index in [2.05, 4.69) is 63.1 Å². The van der Waals surface area contributed by atoms with E-state index < -0.39 is 0 Å². The van der Waals surface area contributed by atoms with Crippen LogP contribution in [0.3, 0.4) is 0 Å². The van der Waals surface area contributed by atoms with Gasteiger partial charge in [0.1, 0.15) is 0 Å². The van der Waals surface area contributed by atoms with Gasteiger partial charge < -0.3 is 9.42 Å². The molecular weight excluding hydrogens is 294 g/mol. The Balaban J connectivity index is 1.78. The Morgan fingerprint density at radius 2 is 2.00 bits per heavy atom. The Bertz CT molecular complexity index is 679. The zero-order chi connectivity index (χ0) is 15.2. The number of thiophene rings is 1. The number of aryl methyl sites for hydroxylation is 1. The highest BCUT2D eigenvalue weighted by molar-refractivity contribution is 7.07. The van der Waals surface area contributed by atoms with Gasteiger partial charge in [-0.3, -0.25) is 0 Å². The molecule has 3 rings (SSSR count). The van der Waals surface area contributed by atoms with Crippen LogP contribution in [0.2, 0.25) is 0 Å². The average molecular weight is 313 g/mol. The molecular formula is C17H19N3OS. The van der Waals surface area contributed by atoms with Crippen molar-refractivity contribution in [3.63, 3.8) is 0 Å². The first kappa shape index (κ1) is 14.8. The monoisotopic (exact) mass is 313 g/mol. The smallest absolute Gasteiger partial charge is 0.226 e. The topological polar surface area (TPSA) is 42.2 Å². The number of benzene rings is 1. The van der Waals surface area contributed by atoms with Gasteiger partial charge >= 0.3 is 0 Å². The molecule has 5 heteroatoms. The van der Waals surface area contributed by atoms with Crippen molar-refractivity contribution in [2.75, 3.05) is 4.90 Å². The largest absolute Gasteiger partial charge is 0.359 e. The maximum atomic E-state index is 5.29. The fourth-order valence-electron chi connectivity index (χ4n) is 2.32. The molecule has 0 aliphatic carbocycles. The van der Waals surface area contributed by atoms with E-state index in [1.54, 1.807) is 11.3 Å². The molecule has 0 saturated heterocycles. The standard InChI is InChI=1S/C17H19N3OS/c1-2-6-17-18-16(19-21-17)12-20(11-14-9-10-22-13-14)15-7-4-3-5-8-15/h3-5,7-10,13H,2,6,11-12H2,1H3. The number of rotatable bonds is 7. The molecule has 2 heterocycles. The summed E-state index contributed by atoms with van der Waals surface area (Å²) in [6.07, 6.45) is 1.85. The molecule has 22 heavy (non-hydrogen) atoms. The zero-order valence-corrected chi connectivity index (χ0v) is 13.4. The SMILES string of the molecule is CCCc1nc(CN(Cc2ccsc2)c2ccccc2)no1. The minimum Gasteiger partial charge on any atom is -0.359 e. The van der Waals surface area contributed by atoms with Crippen LogP contribution in [0.25, 0.3) is 0 Å². The molecule has 4 nitrogen and oxygen atoms in total. The Kier molecular flexibility index (Phi) is 4.85. The van der Waals surface area contributed by atoms with Crippen molar-refractivity contribution < 1.29 is 4.52 Å². The lowest BCUT2D eigenvalue weighted by atomic mass is 10.2. The third-order valence-corrected chi connectivity index (χ3v) is 4.11. The Hall–Kier alpha value is -2.14. The minimum absolute atomic E-state index is 0.646. The van der Waals surface area contributed by atoms with E-state index in [1.165, 1.54) is 5.56 Å². The number of hydrogen-bond acceptors (Lipinski definition) is 5. The van der Waals surface area contributed by atoms with Crippen LogP contribution in [0.1, 0.15) is 30.6 Å². The van der Waals surface area contributed by atoms with Crippen LogP contribution >= 0.6 is 11.3 Å².